The number of halogens is 1. The first-order chi connectivity index (χ1) is 10.5. The molecule has 0 aromatic carbocycles. The molecule has 1 aliphatic rings. The van der Waals surface area contributed by atoms with Gasteiger partial charge in [-0.25, -0.2) is 18.1 Å². The Bertz CT molecular complexity index is 715. The molecule has 0 saturated carbocycles. The van der Waals surface area contributed by atoms with Gasteiger partial charge in [-0.3, -0.25) is 0 Å². The van der Waals surface area contributed by atoms with Gasteiger partial charge in [-0.1, -0.05) is 0 Å². The van der Waals surface area contributed by atoms with Crippen molar-refractivity contribution in [2.45, 2.75) is 17.1 Å². The zero-order valence-corrected chi connectivity index (χ0v) is 15.8. The monoisotopic (exact) mass is 421 g/mol. The van der Waals surface area contributed by atoms with Crippen LogP contribution in [0.2, 0.25) is 0 Å². The molecule has 1 fully saturated rings. The number of rotatable bonds is 5. The SMILES string of the molecule is O=S(=O)(NCC1CCCN(c2nccs2)C1)c1ccc(Br)s1. The van der Waals surface area contributed by atoms with Crippen LogP contribution in [0.25, 0.3) is 0 Å². The summed E-state index contributed by atoms with van der Waals surface area (Å²) < 4.78 is 28.4. The molecule has 1 atom stereocenters. The second-order valence-corrected chi connectivity index (χ2v) is 10.5. The van der Waals surface area contributed by atoms with Crippen LogP contribution in [0.3, 0.4) is 0 Å². The van der Waals surface area contributed by atoms with E-state index in [1.165, 1.54) is 11.3 Å². The van der Waals surface area contributed by atoms with E-state index in [0.717, 1.165) is 34.8 Å². The molecule has 3 rings (SSSR count). The maximum atomic E-state index is 12.3. The van der Waals surface area contributed by atoms with Crippen molar-refractivity contribution in [2.24, 2.45) is 5.92 Å². The van der Waals surface area contributed by atoms with Crippen LogP contribution >= 0.6 is 38.6 Å². The highest BCUT2D eigenvalue weighted by Gasteiger charge is 2.24. The lowest BCUT2D eigenvalue weighted by Gasteiger charge is -2.32. The summed E-state index contributed by atoms with van der Waals surface area (Å²) in [4.78, 5) is 6.58. The predicted molar refractivity (Wildman–Crippen MR) is 94.3 cm³/mol. The number of hydrogen-bond donors (Lipinski definition) is 1. The van der Waals surface area contributed by atoms with Gasteiger partial charge >= 0.3 is 0 Å². The quantitative estimate of drug-likeness (QED) is 0.804. The minimum absolute atomic E-state index is 0.316. The van der Waals surface area contributed by atoms with E-state index in [-0.39, 0.29) is 0 Å². The molecule has 1 aliphatic heterocycles. The van der Waals surface area contributed by atoms with Crippen LogP contribution in [0.15, 0.2) is 31.7 Å². The molecule has 0 spiro atoms. The van der Waals surface area contributed by atoms with Gasteiger partial charge in [-0.05, 0) is 46.8 Å². The molecule has 1 unspecified atom stereocenters. The number of nitrogens with zero attached hydrogens (tertiary/aromatic N) is 2. The number of thiophene rings is 1. The highest BCUT2D eigenvalue weighted by atomic mass is 79.9. The lowest BCUT2D eigenvalue weighted by Crippen LogP contribution is -2.40. The predicted octanol–water partition coefficient (Wildman–Crippen LogP) is 3.16. The summed E-state index contributed by atoms with van der Waals surface area (Å²) in [5.74, 6) is 0.316. The number of thiazole rings is 1. The van der Waals surface area contributed by atoms with Crippen LogP contribution in [-0.4, -0.2) is 33.0 Å². The van der Waals surface area contributed by atoms with E-state index in [4.69, 9.17) is 0 Å². The minimum Gasteiger partial charge on any atom is -0.348 e. The first-order valence-corrected chi connectivity index (χ1v) is 10.9. The molecule has 22 heavy (non-hydrogen) atoms. The number of sulfonamides is 1. The van der Waals surface area contributed by atoms with Gasteiger partial charge in [-0.15, -0.1) is 22.7 Å². The summed E-state index contributed by atoms with van der Waals surface area (Å²) >= 11 is 6.15. The molecule has 2 aromatic rings. The normalized spacial score (nSPS) is 19.5. The van der Waals surface area contributed by atoms with Crippen LogP contribution in [0, 0.1) is 5.92 Å². The zero-order valence-electron chi connectivity index (χ0n) is 11.7. The fourth-order valence-electron chi connectivity index (χ4n) is 2.52. The van der Waals surface area contributed by atoms with E-state index in [1.807, 2.05) is 5.38 Å². The molecule has 1 saturated heterocycles. The van der Waals surface area contributed by atoms with Crippen molar-refractivity contribution in [1.82, 2.24) is 9.71 Å². The molecule has 0 aliphatic carbocycles. The highest BCUT2D eigenvalue weighted by molar-refractivity contribution is 9.11. The lowest BCUT2D eigenvalue weighted by atomic mass is 9.99. The molecule has 5 nitrogen and oxygen atoms in total. The molecule has 120 valence electrons. The van der Waals surface area contributed by atoms with Crippen LogP contribution in [0.4, 0.5) is 5.13 Å². The number of anilines is 1. The summed E-state index contributed by atoms with van der Waals surface area (Å²) in [6.45, 7) is 2.32. The Hall–Kier alpha value is -0.480. The van der Waals surface area contributed by atoms with Crippen LogP contribution in [0.5, 0.6) is 0 Å². The van der Waals surface area contributed by atoms with Gasteiger partial charge in [-0.2, -0.15) is 0 Å². The third-order valence-corrected chi connectivity index (χ3v) is 7.96. The smallest absolute Gasteiger partial charge is 0.250 e. The van der Waals surface area contributed by atoms with E-state index < -0.39 is 10.0 Å². The number of aromatic nitrogens is 1. The van der Waals surface area contributed by atoms with Crippen molar-refractivity contribution in [2.75, 3.05) is 24.5 Å². The Morgan fingerprint density at radius 2 is 2.32 bits per heavy atom. The summed E-state index contributed by atoms with van der Waals surface area (Å²) in [7, 11) is -3.40. The fourth-order valence-corrected chi connectivity index (χ4v) is 6.37. The fraction of sp³-hybridized carbons (Fsp3) is 0.462. The van der Waals surface area contributed by atoms with Gasteiger partial charge in [0.05, 0.1) is 3.79 Å². The summed E-state index contributed by atoms with van der Waals surface area (Å²) in [6, 6.07) is 3.38. The molecule has 9 heteroatoms. The Morgan fingerprint density at radius 3 is 3.00 bits per heavy atom. The van der Waals surface area contributed by atoms with Gasteiger partial charge in [0.2, 0.25) is 10.0 Å². The third-order valence-electron chi connectivity index (χ3n) is 3.58. The number of hydrogen-bond acceptors (Lipinski definition) is 6. The summed E-state index contributed by atoms with van der Waals surface area (Å²) in [6.07, 6.45) is 3.91. The van der Waals surface area contributed by atoms with E-state index in [0.29, 0.717) is 16.7 Å². The van der Waals surface area contributed by atoms with Crippen LogP contribution in [0.1, 0.15) is 12.8 Å². The Morgan fingerprint density at radius 1 is 1.45 bits per heavy atom. The zero-order chi connectivity index (χ0) is 15.6. The molecule has 0 amide bonds. The van der Waals surface area contributed by atoms with E-state index >= 15 is 0 Å². The van der Waals surface area contributed by atoms with Crippen molar-refractivity contribution in [3.63, 3.8) is 0 Å². The van der Waals surface area contributed by atoms with Gasteiger partial charge in [0.1, 0.15) is 4.21 Å². The van der Waals surface area contributed by atoms with Crippen molar-refractivity contribution >= 4 is 53.8 Å². The van der Waals surface area contributed by atoms with Gasteiger partial charge in [0.25, 0.3) is 0 Å². The van der Waals surface area contributed by atoms with E-state index in [2.05, 4.69) is 30.5 Å². The molecule has 3 heterocycles. The number of piperidine rings is 1. The van der Waals surface area contributed by atoms with Crippen LogP contribution < -0.4 is 9.62 Å². The summed E-state index contributed by atoms with van der Waals surface area (Å²) in [5, 5.41) is 2.99. The van der Waals surface area contributed by atoms with Crippen molar-refractivity contribution in [1.29, 1.82) is 0 Å². The van der Waals surface area contributed by atoms with Crippen LogP contribution in [-0.2, 0) is 10.0 Å². The van der Waals surface area contributed by atoms with Gasteiger partial charge < -0.3 is 4.90 Å². The molecule has 0 radical (unpaired) electrons. The largest absolute Gasteiger partial charge is 0.348 e. The highest BCUT2D eigenvalue weighted by Crippen LogP contribution is 2.27. The second-order valence-electron chi connectivity index (χ2n) is 5.18. The molecular formula is C13H16BrN3O2S3. The molecular weight excluding hydrogens is 406 g/mol. The topological polar surface area (TPSA) is 62.3 Å². The second kappa shape index (κ2) is 6.96. The van der Waals surface area contributed by atoms with Crippen molar-refractivity contribution in [3.8, 4) is 0 Å². The first-order valence-electron chi connectivity index (χ1n) is 6.94. The maximum Gasteiger partial charge on any atom is 0.250 e. The first kappa shape index (κ1) is 16.4. The maximum absolute atomic E-state index is 12.3. The third kappa shape index (κ3) is 3.88. The minimum atomic E-state index is -3.40. The molecule has 2 aromatic heterocycles. The Kier molecular flexibility index (Phi) is 5.18. The summed E-state index contributed by atoms with van der Waals surface area (Å²) in [5.41, 5.74) is 0. The van der Waals surface area contributed by atoms with Crippen molar-refractivity contribution in [3.05, 3.63) is 27.5 Å². The van der Waals surface area contributed by atoms with Crippen molar-refractivity contribution < 1.29 is 8.42 Å². The van der Waals surface area contributed by atoms with E-state index in [1.54, 1.807) is 29.7 Å². The number of nitrogens with one attached hydrogen (secondary N) is 1. The Balaban J connectivity index is 1.59. The van der Waals surface area contributed by atoms with Gasteiger partial charge in [0, 0.05) is 31.2 Å². The molecule has 1 N–H and O–H groups in total. The Labute approximate surface area is 146 Å². The van der Waals surface area contributed by atoms with Gasteiger partial charge in [0.15, 0.2) is 5.13 Å². The average Bonchev–Trinajstić information content (AvgIpc) is 3.17. The standard InChI is InChI=1S/C13H16BrN3O2S3/c14-11-3-4-12(21-11)22(18,19)16-8-10-2-1-6-17(9-10)13-15-5-7-20-13/h3-5,7,10,16H,1-2,6,8-9H2. The van der Waals surface area contributed by atoms with E-state index in [9.17, 15) is 8.42 Å². The molecule has 0 bridgehead atoms. The average molecular weight is 422 g/mol. The lowest BCUT2D eigenvalue weighted by molar-refractivity contribution is 0.411.